The van der Waals surface area contributed by atoms with Crippen LogP contribution in [-0.4, -0.2) is 35.3 Å². The number of hydrogen-bond donors (Lipinski definition) is 1. The number of aryl methyl sites for hydroxylation is 2. The van der Waals surface area contributed by atoms with Gasteiger partial charge in [-0.15, -0.1) is 0 Å². The van der Waals surface area contributed by atoms with E-state index in [1.54, 1.807) is 19.3 Å². The van der Waals surface area contributed by atoms with Crippen LogP contribution in [0.4, 0.5) is 0 Å². The Bertz CT molecular complexity index is 1160. The van der Waals surface area contributed by atoms with Crippen molar-refractivity contribution >= 4 is 17.7 Å². The predicted molar refractivity (Wildman–Crippen MR) is 110 cm³/mol. The number of primary amides is 1. The van der Waals surface area contributed by atoms with Crippen LogP contribution in [0.2, 0.25) is 0 Å². The molecule has 0 aliphatic carbocycles. The van der Waals surface area contributed by atoms with Gasteiger partial charge in [-0.1, -0.05) is 23.0 Å². The van der Waals surface area contributed by atoms with E-state index >= 15 is 0 Å². The van der Waals surface area contributed by atoms with E-state index in [1.807, 2.05) is 30.9 Å². The zero-order valence-electron chi connectivity index (χ0n) is 16.8. The zero-order chi connectivity index (χ0) is 21.4. The maximum atomic E-state index is 13.1. The summed E-state index contributed by atoms with van der Waals surface area (Å²) in [5.74, 6) is 0.128. The van der Waals surface area contributed by atoms with E-state index in [1.165, 1.54) is 27.3 Å². The Kier molecular flexibility index (Phi) is 5.20. The topological polar surface area (TPSA) is 125 Å². The fourth-order valence-corrected chi connectivity index (χ4v) is 4.60. The molecular weight excluding hydrogens is 406 g/mol. The van der Waals surface area contributed by atoms with Gasteiger partial charge in [0.05, 0.1) is 17.1 Å². The molecule has 0 spiro atoms. The number of nitrogens with zero attached hydrogens (tertiary/aromatic N) is 6. The van der Waals surface area contributed by atoms with Crippen molar-refractivity contribution in [2.75, 3.05) is 0 Å². The van der Waals surface area contributed by atoms with Gasteiger partial charge in [0.25, 0.3) is 5.91 Å². The summed E-state index contributed by atoms with van der Waals surface area (Å²) in [7, 11) is 0. The molecule has 1 amide bonds. The molecule has 1 aliphatic rings. The van der Waals surface area contributed by atoms with Gasteiger partial charge in [-0.3, -0.25) is 14.3 Å². The van der Waals surface area contributed by atoms with Crippen molar-refractivity contribution in [2.45, 2.75) is 39.4 Å². The Morgan fingerprint density at radius 1 is 1.30 bits per heavy atom. The van der Waals surface area contributed by atoms with E-state index in [9.17, 15) is 9.59 Å². The quantitative estimate of drug-likeness (QED) is 0.628. The number of hydrogen-bond acceptors (Lipinski definition) is 8. The first-order chi connectivity index (χ1) is 14.4. The molecular formula is C19H21N7O3S. The molecule has 30 heavy (non-hydrogen) atoms. The molecule has 156 valence electrons. The summed E-state index contributed by atoms with van der Waals surface area (Å²) in [5.41, 5.74) is 7.98. The summed E-state index contributed by atoms with van der Waals surface area (Å²) in [6.07, 6.45) is 4.92. The molecule has 0 saturated heterocycles. The number of carbonyl (C=O) groups excluding carboxylic acids is 1. The summed E-state index contributed by atoms with van der Waals surface area (Å²) in [4.78, 5) is 31.6. The standard InChI is InChI=1S/C19H21N7O3S/c1-11-15(13(3)29-23-11)9-26-18(28)25(10-22-26)19-24(8-14-5-4-6-21-7-14)12(2)16(30-19)17(20)27/h4-7,10,19H,8-9H2,1-3H3,(H2,20,27). The lowest BCUT2D eigenvalue weighted by Gasteiger charge is -2.27. The molecule has 0 bridgehead atoms. The number of pyridine rings is 1. The molecule has 4 rings (SSSR count). The highest BCUT2D eigenvalue weighted by Gasteiger charge is 2.35. The minimum Gasteiger partial charge on any atom is -0.365 e. The molecule has 1 unspecified atom stereocenters. The number of thioether (sulfide) groups is 1. The maximum absolute atomic E-state index is 13.1. The molecule has 2 N–H and O–H groups in total. The average Bonchev–Trinajstić information content (AvgIpc) is 3.35. The van der Waals surface area contributed by atoms with Crippen molar-refractivity contribution in [3.63, 3.8) is 0 Å². The third-order valence-corrected chi connectivity index (χ3v) is 6.46. The van der Waals surface area contributed by atoms with Gasteiger partial charge in [0.1, 0.15) is 12.1 Å². The summed E-state index contributed by atoms with van der Waals surface area (Å²) in [5, 5.41) is 8.19. The highest BCUT2D eigenvalue weighted by molar-refractivity contribution is 8.04. The van der Waals surface area contributed by atoms with Crippen molar-refractivity contribution in [3.05, 3.63) is 74.5 Å². The maximum Gasteiger partial charge on any atom is 0.348 e. The van der Waals surface area contributed by atoms with Gasteiger partial charge < -0.3 is 15.2 Å². The van der Waals surface area contributed by atoms with Crippen LogP contribution in [0.1, 0.15) is 35.0 Å². The summed E-state index contributed by atoms with van der Waals surface area (Å²) >= 11 is 1.24. The lowest BCUT2D eigenvalue weighted by atomic mass is 10.2. The second kappa shape index (κ2) is 7.82. The number of amides is 1. The second-order valence-electron chi connectivity index (χ2n) is 6.99. The lowest BCUT2D eigenvalue weighted by molar-refractivity contribution is -0.114. The molecule has 3 aromatic heterocycles. The Labute approximate surface area is 176 Å². The normalized spacial score (nSPS) is 16.5. The fourth-order valence-electron chi connectivity index (χ4n) is 3.37. The molecule has 0 saturated carbocycles. The van der Waals surface area contributed by atoms with E-state index in [4.69, 9.17) is 10.3 Å². The SMILES string of the molecule is CC1=C(C(N)=O)SC(n2cnn(Cc3c(C)noc3C)c2=O)N1Cc1cccnc1. The zero-order valence-corrected chi connectivity index (χ0v) is 17.6. The molecule has 10 nitrogen and oxygen atoms in total. The molecule has 0 aromatic carbocycles. The van der Waals surface area contributed by atoms with Crippen molar-refractivity contribution in [1.29, 1.82) is 0 Å². The van der Waals surface area contributed by atoms with Crippen molar-refractivity contribution < 1.29 is 9.32 Å². The van der Waals surface area contributed by atoms with E-state index in [-0.39, 0.29) is 12.2 Å². The van der Waals surface area contributed by atoms with Crippen LogP contribution in [0.25, 0.3) is 0 Å². The molecule has 1 aliphatic heterocycles. The molecule has 1 atom stereocenters. The van der Waals surface area contributed by atoms with Crippen LogP contribution in [-0.2, 0) is 17.9 Å². The number of carbonyl (C=O) groups is 1. The van der Waals surface area contributed by atoms with E-state index in [0.29, 0.717) is 22.9 Å². The summed E-state index contributed by atoms with van der Waals surface area (Å²) in [6.45, 7) is 6.16. The fraction of sp³-hybridized carbons (Fsp3) is 0.316. The van der Waals surface area contributed by atoms with Crippen LogP contribution in [0.3, 0.4) is 0 Å². The molecule has 0 radical (unpaired) electrons. The van der Waals surface area contributed by atoms with Gasteiger partial charge >= 0.3 is 5.69 Å². The second-order valence-corrected chi connectivity index (χ2v) is 8.06. The number of nitrogens with two attached hydrogens (primary N) is 1. The third-order valence-electron chi connectivity index (χ3n) is 5.03. The van der Waals surface area contributed by atoms with E-state index in [2.05, 4.69) is 15.2 Å². The molecule has 3 aromatic rings. The first kappa shape index (κ1) is 20.0. The van der Waals surface area contributed by atoms with Crippen LogP contribution in [0, 0.1) is 13.8 Å². The van der Waals surface area contributed by atoms with Crippen LogP contribution < -0.4 is 11.4 Å². The molecule has 0 fully saturated rings. The van der Waals surface area contributed by atoms with Crippen LogP contribution in [0.15, 0.2) is 50.8 Å². The largest absolute Gasteiger partial charge is 0.365 e. The van der Waals surface area contributed by atoms with Crippen molar-refractivity contribution in [3.8, 4) is 0 Å². The van der Waals surface area contributed by atoms with Crippen LogP contribution in [0.5, 0.6) is 0 Å². The first-order valence-electron chi connectivity index (χ1n) is 9.25. The lowest BCUT2D eigenvalue weighted by Crippen LogP contribution is -2.33. The average molecular weight is 427 g/mol. The van der Waals surface area contributed by atoms with Gasteiger partial charge in [-0.25, -0.2) is 9.48 Å². The summed E-state index contributed by atoms with van der Waals surface area (Å²) < 4.78 is 8.03. The minimum absolute atomic E-state index is 0.252. The van der Waals surface area contributed by atoms with Gasteiger partial charge in [0.2, 0.25) is 0 Å². The first-order valence-corrected chi connectivity index (χ1v) is 10.1. The Hall–Kier alpha value is -3.34. The Balaban J connectivity index is 1.67. The number of allylic oxidation sites excluding steroid dienone is 1. The molecule has 4 heterocycles. The van der Waals surface area contributed by atoms with Crippen LogP contribution >= 0.6 is 11.8 Å². The van der Waals surface area contributed by atoms with Gasteiger partial charge in [-0.2, -0.15) is 5.10 Å². The smallest absolute Gasteiger partial charge is 0.348 e. The molecule has 11 heteroatoms. The van der Waals surface area contributed by atoms with E-state index < -0.39 is 11.4 Å². The van der Waals surface area contributed by atoms with Gasteiger partial charge in [0.15, 0.2) is 5.50 Å². The minimum atomic E-state index is -0.521. The monoisotopic (exact) mass is 427 g/mol. The predicted octanol–water partition coefficient (Wildman–Crippen LogP) is 1.51. The number of aromatic nitrogens is 5. The van der Waals surface area contributed by atoms with E-state index in [0.717, 1.165) is 16.8 Å². The Morgan fingerprint density at radius 2 is 2.10 bits per heavy atom. The summed E-state index contributed by atoms with van der Waals surface area (Å²) in [6, 6.07) is 3.78. The highest BCUT2D eigenvalue weighted by atomic mass is 32.2. The van der Waals surface area contributed by atoms with Gasteiger partial charge in [-0.05, 0) is 32.4 Å². The Morgan fingerprint density at radius 3 is 2.73 bits per heavy atom. The number of rotatable bonds is 6. The highest BCUT2D eigenvalue weighted by Crippen LogP contribution is 2.44. The van der Waals surface area contributed by atoms with Crippen molar-refractivity contribution in [1.82, 2.24) is 29.4 Å². The third kappa shape index (κ3) is 3.52. The van der Waals surface area contributed by atoms with Crippen molar-refractivity contribution in [2.24, 2.45) is 5.73 Å². The van der Waals surface area contributed by atoms with Gasteiger partial charge in [0, 0.05) is 30.2 Å².